The summed E-state index contributed by atoms with van der Waals surface area (Å²) in [7, 11) is -2.91. The first-order valence-corrected chi connectivity index (χ1v) is 14.3. The van der Waals surface area contributed by atoms with Gasteiger partial charge in [0, 0.05) is 21.0 Å². The highest BCUT2D eigenvalue weighted by atomic mass is 32.2. The molecule has 1 saturated heterocycles. The molecule has 0 bridgehead atoms. The van der Waals surface area contributed by atoms with Gasteiger partial charge in [0.05, 0.1) is 11.5 Å². The lowest BCUT2D eigenvalue weighted by Crippen LogP contribution is -2.66. The SMILES string of the molecule is COC1O[C@H](COS(=O)(=O)c2ccc(C)cc2)[C@@H](OC(C)=O)[C@H](O[C@H](C)C(=O)OCc2ccccc2)[C@H]1NC(C)=O. The van der Waals surface area contributed by atoms with Crippen LogP contribution in [0.25, 0.3) is 0 Å². The molecule has 0 saturated carbocycles. The first-order valence-electron chi connectivity index (χ1n) is 12.9. The number of aryl methyl sites for hydroxylation is 1. The standard InChI is InChI=1S/C28H35NO11S/c1-17-11-13-22(14-12-17)41(33,34)37-16-23-25(39-20(4)31)26(24(29-19(3)30)28(35-5)40-23)38-18(2)27(32)36-15-21-9-7-6-8-10-21/h6-14,18,23-26,28H,15-16H2,1-5H3,(H,29,30)/t18-,23-,24-,25-,26-,28?/m1/s1. The van der Waals surface area contributed by atoms with E-state index >= 15 is 0 Å². The van der Waals surface area contributed by atoms with E-state index < -0.39 is 71.3 Å². The third-order valence-electron chi connectivity index (χ3n) is 6.16. The maximum atomic E-state index is 12.8. The average molecular weight is 594 g/mol. The maximum Gasteiger partial charge on any atom is 0.335 e. The molecule has 0 aromatic heterocycles. The molecule has 1 aliphatic rings. The van der Waals surface area contributed by atoms with Crippen molar-refractivity contribution in [1.29, 1.82) is 0 Å². The fourth-order valence-electron chi connectivity index (χ4n) is 4.19. The van der Waals surface area contributed by atoms with Crippen LogP contribution in [0.5, 0.6) is 0 Å². The highest BCUT2D eigenvalue weighted by Gasteiger charge is 2.51. The van der Waals surface area contributed by atoms with Crippen molar-refractivity contribution in [3.63, 3.8) is 0 Å². The fourth-order valence-corrected chi connectivity index (χ4v) is 5.11. The molecule has 0 aliphatic carbocycles. The van der Waals surface area contributed by atoms with Crippen molar-refractivity contribution >= 4 is 28.0 Å². The number of benzene rings is 2. The van der Waals surface area contributed by atoms with Gasteiger partial charge in [-0.1, -0.05) is 48.0 Å². The summed E-state index contributed by atoms with van der Waals surface area (Å²) in [6, 6.07) is 14.0. The molecule has 41 heavy (non-hydrogen) atoms. The van der Waals surface area contributed by atoms with Gasteiger partial charge in [-0.2, -0.15) is 8.42 Å². The van der Waals surface area contributed by atoms with E-state index in [4.69, 9.17) is 27.9 Å². The molecule has 1 fully saturated rings. The number of carbonyl (C=O) groups is 3. The van der Waals surface area contributed by atoms with Crippen molar-refractivity contribution in [3.05, 3.63) is 65.7 Å². The molecule has 1 heterocycles. The van der Waals surface area contributed by atoms with Gasteiger partial charge in [-0.25, -0.2) is 4.79 Å². The molecule has 2 aromatic carbocycles. The van der Waals surface area contributed by atoms with Gasteiger partial charge in [0.25, 0.3) is 10.1 Å². The van der Waals surface area contributed by atoms with Gasteiger partial charge in [0.1, 0.15) is 24.9 Å². The van der Waals surface area contributed by atoms with Crippen molar-refractivity contribution in [3.8, 4) is 0 Å². The zero-order valence-corrected chi connectivity index (χ0v) is 24.3. The van der Waals surface area contributed by atoms with Gasteiger partial charge < -0.3 is 29.0 Å². The van der Waals surface area contributed by atoms with Crippen LogP contribution in [-0.4, -0.2) is 76.7 Å². The number of nitrogens with one attached hydrogen (secondary N) is 1. The molecule has 1 unspecified atom stereocenters. The van der Waals surface area contributed by atoms with Crippen LogP contribution in [0.3, 0.4) is 0 Å². The number of hydrogen-bond acceptors (Lipinski definition) is 11. The third kappa shape index (κ3) is 9.07. The number of methoxy groups -OCH3 is 1. The zero-order valence-electron chi connectivity index (χ0n) is 23.5. The van der Waals surface area contributed by atoms with Crippen LogP contribution in [0.2, 0.25) is 0 Å². The highest BCUT2D eigenvalue weighted by Crippen LogP contribution is 2.29. The van der Waals surface area contributed by atoms with Gasteiger partial charge in [-0.3, -0.25) is 13.8 Å². The summed E-state index contributed by atoms with van der Waals surface area (Å²) in [6.07, 6.45) is -6.14. The average Bonchev–Trinajstić information content (AvgIpc) is 2.93. The lowest BCUT2D eigenvalue weighted by molar-refractivity contribution is -0.277. The molecule has 2 aromatic rings. The Morgan fingerprint density at radius 3 is 2.24 bits per heavy atom. The number of rotatable bonds is 12. The summed E-state index contributed by atoms with van der Waals surface area (Å²) in [6.45, 7) is 5.06. The van der Waals surface area contributed by atoms with Crippen molar-refractivity contribution in [2.75, 3.05) is 13.7 Å². The number of carbonyl (C=O) groups excluding carboxylic acids is 3. The molecule has 0 spiro atoms. The fraction of sp³-hybridized carbons (Fsp3) is 0.464. The summed E-state index contributed by atoms with van der Waals surface area (Å²) in [5.74, 6) is -1.94. The quantitative estimate of drug-likeness (QED) is 0.284. The Kier molecular flexibility index (Phi) is 11.4. The minimum atomic E-state index is -4.22. The van der Waals surface area contributed by atoms with E-state index in [1.54, 1.807) is 36.4 Å². The van der Waals surface area contributed by atoms with Gasteiger partial charge >= 0.3 is 11.9 Å². The summed E-state index contributed by atoms with van der Waals surface area (Å²) in [5, 5.41) is 2.65. The second kappa shape index (κ2) is 14.5. The van der Waals surface area contributed by atoms with E-state index in [0.29, 0.717) is 0 Å². The summed E-state index contributed by atoms with van der Waals surface area (Å²) < 4.78 is 59.2. The topological polar surface area (TPSA) is 153 Å². The first-order chi connectivity index (χ1) is 19.4. The molecule has 12 nitrogen and oxygen atoms in total. The van der Waals surface area contributed by atoms with Crippen LogP contribution in [0.4, 0.5) is 0 Å². The first kappa shape index (κ1) is 32.2. The van der Waals surface area contributed by atoms with Crippen LogP contribution in [0.1, 0.15) is 31.9 Å². The van der Waals surface area contributed by atoms with E-state index in [-0.39, 0.29) is 11.5 Å². The summed E-state index contributed by atoms with van der Waals surface area (Å²) in [5.41, 5.74) is 1.62. The van der Waals surface area contributed by atoms with E-state index in [0.717, 1.165) is 18.1 Å². The minimum Gasteiger partial charge on any atom is -0.459 e. The van der Waals surface area contributed by atoms with E-state index in [9.17, 15) is 22.8 Å². The molecule has 1 N–H and O–H groups in total. The van der Waals surface area contributed by atoms with Crippen LogP contribution >= 0.6 is 0 Å². The van der Waals surface area contributed by atoms with Crippen molar-refractivity contribution in [2.24, 2.45) is 0 Å². The van der Waals surface area contributed by atoms with Crippen LogP contribution in [0, 0.1) is 6.92 Å². The third-order valence-corrected chi connectivity index (χ3v) is 7.46. The van der Waals surface area contributed by atoms with Crippen molar-refractivity contribution in [1.82, 2.24) is 5.32 Å². The van der Waals surface area contributed by atoms with Crippen molar-refractivity contribution < 1.29 is 50.7 Å². The molecular formula is C28H35NO11S. The number of ether oxygens (including phenoxy) is 5. The van der Waals surface area contributed by atoms with Gasteiger partial charge in [-0.15, -0.1) is 0 Å². The number of amides is 1. The Hall–Kier alpha value is -3.36. The van der Waals surface area contributed by atoms with Crippen molar-refractivity contribution in [2.45, 2.75) is 75.9 Å². The Balaban J connectivity index is 1.85. The zero-order chi connectivity index (χ0) is 30.2. The van der Waals surface area contributed by atoms with Gasteiger partial charge in [0.2, 0.25) is 5.91 Å². The second-order valence-corrected chi connectivity index (χ2v) is 11.1. The molecule has 0 radical (unpaired) electrons. The maximum absolute atomic E-state index is 12.8. The normalized spacial score (nSPS) is 23.3. The van der Waals surface area contributed by atoms with E-state index in [1.807, 2.05) is 13.0 Å². The van der Waals surface area contributed by atoms with Gasteiger partial charge in [-0.05, 0) is 31.5 Å². The molecule has 1 amide bonds. The predicted molar refractivity (Wildman–Crippen MR) is 144 cm³/mol. The monoisotopic (exact) mass is 593 g/mol. The Morgan fingerprint density at radius 2 is 1.66 bits per heavy atom. The second-order valence-electron chi connectivity index (χ2n) is 9.47. The molecule has 1 aliphatic heterocycles. The number of esters is 2. The molecule has 224 valence electrons. The van der Waals surface area contributed by atoms with Gasteiger partial charge in [0.15, 0.2) is 18.5 Å². The van der Waals surface area contributed by atoms with E-state index in [2.05, 4.69) is 5.32 Å². The minimum absolute atomic E-state index is 0.00230. The summed E-state index contributed by atoms with van der Waals surface area (Å²) in [4.78, 5) is 36.9. The molecular weight excluding hydrogens is 558 g/mol. The van der Waals surface area contributed by atoms with Crippen LogP contribution in [0.15, 0.2) is 59.5 Å². The Morgan fingerprint density at radius 1 is 1.00 bits per heavy atom. The Labute approximate surface area is 239 Å². The van der Waals surface area contributed by atoms with Crippen LogP contribution < -0.4 is 5.32 Å². The van der Waals surface area contributed by atoms with Crippen LogP contribution in [-0.2, 0) is 59.0 Å². The largest absolute Gasteiger partial charge is 0.459 e. The Bertz CT molecular complexity index is 1280. The number of hydrogen-bond donors (Lipinski definition) is 1. The molecule has 6 atom stereocenters. The highest BCUT2D eigenvalue weighted by molar-refractivity contribution is 7.86. The lowest BCUT2D eigenvalue weighted by Gasteiger charge is -2.45. The van der Waals surface area contributed by atoms with E-state index in [1.165, 1.54) is 33.1 Å². The molecule has 3 rings (SSSR count). The summed E-state index contributed by atoms with van der Waals surface area (Å²) >= 11 is 0. The lowest BCUT2D eigenvalue weighted by atomic mass is 9.96. The smallest absolute Gasteiger partial charge is 0.335 e. The molecule has 13 heteroatoms. The predicted octanol–water partition coefficient (Wildman–Crippen LogP) is 2.03.